The summed E-state index contributed by atoms with van der Waals surface area (Å²) in [5.41, 5.74) is 5.41. The van der Waals surface area contributed by atoms with E-state index in [1.165, 1.54) is 5.56 Å². The highest BCUT2D eigenvalue weighted by atomic mass is 16.5. The van der Waals surface area contributed by atoms with Crippen LogP contribution < -0.4 is 4.74 Å². The van der Waals surface area contributed by atoms with Gasteiger partial charge in [-0.15, -0.1) is 0 Å². The molecule has 0 radical (unpaired) electrons. The number of ether oxygens (including phenoxy) is 1. The molecule has 0 N–H and O–H groups in total. The van der Waals surface area contributed by atoms with Crippen LogP contribution in [0.5, 0.6) is 5.75 Å². The van der Waals surface area contributed by atoms with Gasteiger partial charge in [-0.3, -0.25) is 4.79 Å². The molecule has 1 heterocycles. The Labute approximate surface area is 160 Å². The number of rotatable bonds is 4. The molecule has 0 saturated heterocycles. The highest BCUT2D eigenvalue weighted by Gasteiger charge is 2.33. The van der Waals surface area contributed by atoms with Crippen LogP contribution in [0.3, 0.4) is 0 Å². The third kappa shape index (κ3) is 3.45. The third-order valence-corrected chi connectivity index (χ3v) is 5.24. The maximum Gasteiger partial charge on any atom is 0.254 e. The lowest BCUT2D eigenvalue weighted by molar-refractivity contribution is 0.0629. The van der Waals surface area contributed by atoms with Crippen molar-refractivity contribution in [2.24, 2.45) is 0 Å². The van der Waals surface area contributed by atoms with Crippen molar-refractivity contribution in [3.8, 4) is 5.75 Å². The van der Waals surface area contributed by atoms with Gasteiger partial charge >= 0.3 is 0 Å². The number of carbonyl (C=O) groups excluding carboxylic acids is 1. The molecule has 0 saturated carbocycles. The van der Waals surface area contributed by atoms with Crippen LogP contribution in [-0.2, 0) is 13.0 Å². The third-order valence-electron chi connectivity index (χ3n) is 5.24. The number of methoxy groups -OCH3 is 1. The molecule has 3 aromatic carbocycles. The summed E-state index contributed by atoms with van der Waals surface area (Å²) < 4.78 is 5.29. The first-order chi connectivity index (χ1) is 13.2. The number of hydrogen-bond acceptors (Lipinski definition) is 2. The van der Waals surface area contributed by atoms with Crippen LogP contribution in [-0.4, -0.2) is 17.9 Å². The Morgan fingerprint density at radius 3 is 2.44 bits per heavy atom. The van der Waals surface area contributed by atoms with Crippen LogP contribution in [0.4, 0.5) is 0 Å². The van der Waals surface area contributed by atoms with E-state index in [2.05, 4.69) is 37.3 Å². The fourth-order valence-corrected chi connectivity index (χ4v) is 3.80. The molecule has 27 heavy (non-hydrogen) atoms. The van der Waals surface area contributed by atoms with E-state index in [1.54, 1.807) is 7.11 Å². The number of nitrogens with zero attached hydrogens (tertiary/aromatic N) is 1. The fraction of sp³-hybridized carbons (Fsp3) is 0.208. The molecule has 0 bridgehead atoms. The number of hydrogen-bond donors (Lipinski definition) is 0. The zero-order chi connectivity index (χ0) is 18.8. The Morgan fingerprint density at radius 2 is 1.74 bits per heavy atom. The molecule has 1 atom stereocenters. The van der Waals surface area contributed by atoms with E-state index < -0.39 is 0 Å². The van der Waals surface area contributed by atoms with Gasteiger partial charge in [-0.1, -0.05) is 60.2 Å². The van der Waals surface area contributed by atoms with Crippen LogP contribution in [0.15, 0.2) is 72.8 Å². The topological polar surface area (TPSA) is 29.5 Å². The summed E-state index contributed by atoms with van der Waals surface area (Å²) >= 11 is 0. The number of benzene rings is 3. The zero-order valence-electron chi connectivity index (χ0n) is 15.7. The first-order valence-corrected chi connectivity index (χ1v) is 9.24. The Hall–Kier alpha value is -3.07. The molecule has 0 aliphatic carbocycles. The predicted molar refractivity (Wildman–Crippen MR) is 107 cm³/mol. The molecule has 0 aromatic heterocycles. The lowest BCUT2D eigenvalue weighted by atomic mass is 9.88. The van der Waals surface area contributed by atoms with Gasteiger partial charge in [0, 0.05) is 12.1 Å². The van der Waals surface area contributed by atoms with Crippen molar-refractivity contribution in [1.82, 2.24) is 4.90 Å². The van der Waals surface area contributed by atoms with Gasteiger partial charge < -0.3 is 9.64 Å². The summed E-state index contributed by atoms with van der Waals surface area (Å²) in [5, 5.41) is 0. The monoisotopic (exact) mass is 357 g/mol. The van der Waals surface area contributed by atoms with Gasteiger partial charge in [0.1, 0.15) is 5.75 Å². The van der Waals surface area contributed by atoms with Gasteiger partial charge in [0.25, 0.3) is 5.91 Å². The van der Waals surface area contributed by atoms with E-state index in [0.29, 0.717) is 6.54 Å². The second kappa shape index (κ2) is 7.28. The lowest BCUT2D eigenvalue weighted by Gasteiger charge is -2.37. The number of carbonyl (C=O) groups is 1. The SMILES string of the molecule is COc1ccc(C2Cc3cc(C)ccc3C(=O)N2Cc2ccccc2)cc1. The van der Waals surface area contributed by atoms with Crippen molar-refractivity contribution in [1.29, 1.82) is 0 Å². The van der Waals surface area contributed by atoms with Crippen LogP contribution >= 0.6 is 0 Å². The summed E-state index contributed by atoms with van der Waals surface area (Å²) in [4.78, 5) is 15.3. The van der Waals surface area contributed by atoms with Crippen LogP contribution in [0.1, 0.15) is 38.7 Å². The lowest BCUT2D eigenvalue weighted by Crippen LogP contribution is -2.39. The van der Waals surface area contributed by atoms with Gasteiger partial charge in [0.05, 0.1) is 13.2 Å². The summed E-state index contributed by atoms with van der Waals surface area (Å²) in [5.74, 6) is 0.924. The Morgan fingerprint density at radius 1 is 1.00 bits per heavy atom. The summed E-state index contributed by atoms with van der Waals surface area (Å²) in [6, 6.07) is 24.4. The fourth-order valence-electron chi connectivity index (χ4n) is 3.80. The van der Waals surface area contributed by atoms with Gasteiger partial charge in [0.15, 0.2) is 0 Å². The largest absolute Gasteiger partial charge is 0.497 e. The molecule has 3 nitrogen and oxygen atoms in total. The van der Waals surface area contributed by atoms with Crippen molar-refractivity contribution in [2.75, 3.05) is 7.11 Å². The first-order valence-electron chi connectivity index (χ1n) is 9.24. The zero-order valence-corrected chi connectivity index (χ0v) is 15.7. The van der Waals surface area contributed by atoms with E-state index in [1.807, 2.05) is 47.4 Å². The minimum absolute atomic E-state index is 0.0120. The van der Waals surface area contributed by atoms with Crippen LogP contribution in [0.25, 0.3) is 0 Å². The molecule has 3 aromatic rings. The number of amides is 1. The van der Waals surface area contributed by atoms with Gasteiger partial charge in [-0.2, -0.15) is 0 Å². The molecule has 3 heteroatoms. The smallest absolute Gasteiger partial charge is 0.254 e. The number of aryl methyl sites for hydroxylation is 1. The quantitative estimate of drug-likeness (QED) is 0.662. The normalized spacial score (nSPS) is 16.1. The molecule has 0 fully saturated rings. The van der Waals surface area contributed by atoms with Crippen molar-refractivity contribution in [3.63, 3.8) is 0 Å². The van der Waals surface area contributed by atoms with E-state index in [9.17, 15) is 4.79 Å². The molecule has 1 amide bonds. The van der Waals surface area contributed by atoms with E-state index in [0.717, 1.165) is 34.4 Å². The Balaban J connectivity index is 1.75. The van der Waals surface area contributed by atoms with Crippen LogP contribution in [0.2, 0.25) is 0 Å². The molecule has 4 rings (SSSR count). The average Bonchev–Trinajstić information content (AvgIpc) is 2.70. The molecular formula is C24H23NO2. The predicted octanol–water partition coefficient (Wildman–Crippen LogP) is 4.94. The maximum absolute atomic E-state index is 13.3. The highest BCUT2D eigenvalue weighted by Crippen LogP contribution is 2.35. The summed E-state index contributed by atoms with van der Waals surface area (Å²) in [6.07, 6.45) is 0.821. The average molecular weight is 357 g/mol. The molecule has 1 aliphatic heterocycles. The first kappa shape index (κ1) is 17.3. The van der Waals surface area contributed by atoms with Crippen molar-refractivity contribution >= 4 is 5.91 Å². The second-order valence-corrected chi connectivity index (χ2v) is 7.07. The molecule has 1 aliphatic rings. The van der Waals surface area contributed by atoms with Crippen molar-refractivity contribution in [3.05, 3.63) is 101 Å². The minimum atomic E-state index is 0.0120. The molecule has 1 unspecified atom stereocenters. The van der Waals surface area contributed by atoms with E-state index in [4.69, 9.17) is 4.74 Å². The Bertz CT molecular complexity index is 948. The highest BCUT2D eigenvalue weighted by molar-refractivity contribution is 5.97. The molecule has 136 valence electrons. The van der Waals surface area contributed by atoms with Crippen molar-refractivity contribution in [2.45, 2.75) is 25.9 Å². The number of fused-ring (bicyclic) bond motifs is 1. The molecule has 0 spiro atoms. The van der Waals surface area contributed by atoms with Gasteiger partial charge in [-0.25, -0.2) is 0 Å². The van der Waals surface area contributed by atoms with E-state index in [-0.39, 0.29) is 11.9 Å². The summed E-state index contributed by atoms with van der Waals surface area (Å²) in [7, 11) is 1.67. The van der Waals surface area contributed by atoms with Crippen molar-refractivity contribution < 1.29 is 9.53 Å². The van der Waals surface area contributed by atoms with E-state index >= 15 is 0 Å². The van der Waals surface area contributed by atoms with Crippen LogP contribution in [0, 0.1) is 6.92 Å². The van der Waals surface area contributed by atoms with Gasteiger partial charge in [0.2, 0.25) is 0 Å². The summed E-state index contributed by atoms with van der Waals surface area (Å²) in [6.45, 7) is 2.67. The maximum atomic E-state index is 13.3. The second-order valence-electron chi connectivity index (χ2n) is 7.07. The molecular weight excluding hydrogens is 334 g/mol. The standard InChI is InChI=1S/C24H23NO2/c1-17-8-13-22-20(14-17)15-23(19-9-11-21(27-2)12-10-19)25(24(22)26)16-18-6-4-3-5-7-18/h3-14,23H,15-16H2,1-2H3. The van der Waals surface area contributed by atoms with Gasteiger partial charge in [-0.05, 0) is 48.2 Å². The Kier molecular flexibility index (Phi) is 4.68. The minimum Gasteiger partial charge on any atom is -0.497 e.